The number of thioether (sulfide) groups is 2. The highest BCUT2D eigenvalue weighted by molar-refractivity contribution is 8.16. The minimum atomic E-state index is 0.956. The van der Waals surface area contributed by atoms with Crippen molar-refractivity contribution in [2.45, 2.75) is 37.5 Å². The number of hydrogen-bond acceptors (Lipinski definition) is 2. The van der Waals surface area contributed by atoms with Gasteiger partial charge in [0.25, 0.3) is 0 Å². The van der Waals surface area contributed by atoms with E-state index in [1.54, 1.807) is 0 Å². The summed E-state index contributed by atoms with van der Waals surface area (Å²) >= 11 is 3.66. The van der Waals surface area contributed by atoms with E-state index in [1.165, 1.54) is 9.79 Å². The zero-order chi connectivity index (χ0) is 13.8. The van der Waals surface area contributed by atoms with Gasteiger partial charge in [-0.3, -0.25) is 0 Å². The first-order valence-electron chi connectivity index (χ1n) is 6.11. The summed E-state index contributed by atoms with van der Waals surface area (Å²) in [6, 6.07) is 8.31. The van der Waals surface area contributed by atoms with Gasteiger partial charge in [0.05, 0.1) is 52.0 Å². The minimum Gasteiger partial charge on any atom is -0.218 e. The van der Waals surface area contributed by atoms with Crippen LogP contribution in [0.15, 0.2) is 42.9 Å². The topological polar surface area (TPSA) is 22.6 Å². The summed E-state index contributed by atoms with van der Waals surface area (Å²) in [6.07, 6.45) is 0. The van der Waals surface area contributed by atoms with Gasteiger partial charge in [-0.15, -0.1) is 23.5 Å². The number of rotatable bonds is 4. The molecule has 0 fully saturated rings. The van der Waals surface area contributed by atoms with Crippen LogP contribution in [0.5, 0.6) is 0 Å². The van der Waals surface area contributed by atoms with Gasteiger partial charge in [-0.25, -0.2) is 8.83 Å². The summed E-state index contributed by atoms with van der Waals surface area (Å²) in [6.45, 7) is 7.93. The second-order valence-electron chi connectivity index (χ2n) is 4.44. The zero-order valence-electron chi connectivity index (χ0n) is 11.6. The first-order valence-corrected chi connectivity index (χ1v) is 8.08. The molecule has 2 heterocycles. The molecule has 0 radical (unpaired) electrons. The van der Waals surface area contributed by atoms with Gasteiger partial charge in [-0.2, -0.15) is 0 Å². The Labute approximate surface area is 122 Å². The molecular formula is C15H18O2S2+2. The van der Waals surface area contributed by atoms with Gasteiger partial charge in [0, 0.05) is 14.9 Å². The lowest BCUT2D eigenvalue weighted by Gasteiger charge is -2.00. The smallest absolute Gasteiger partial charge is 0.218 e. The molecule has 0 atom stereocenters. The molecule has 2 aromatic rings. The minimum absolute atomic E-state index is 0.956. The molecule has 0 aliphatic carbocycles. The molecule has 2 rings (SSSR count). The first kappa shape index (κ1) is 14.4. The van der Waals surface area contributed by atoms with Crippen molar-refractivity contribution in [3.63, 3.8) is 0 Å². The monoisotopic (exact) mass is 294 g/mol. The molecule has 0 aromatic carbocycles. The van der Waals surface area contributed by atoms with E-state index in [0.29, 0.717) is 0 Å². The van der Waals surface area contributed by atoms with Crippen LogP contribution >= 0.6 is 23.5 Å². The molecule has 4 heteroatoms. The van der Waals surface area contributed by atoms with E-state index in [1.807, 2.05) is 51.2 Å². The molecule has 0 N–H and O–H groups in total. The van der Waals surface area contributed by atoms with E-state index in [2.05, 4.69) is 24.3 Å². The molecule has 0 spiro atoms. The summed E-state index contributed by atoms with van der Waals surface area (Å²) in [5.41, 5.74) is 0. The molecule has 0 saturated carbocycles. The molecule has 2 aromatic heterocycles. The Morgan fingerprint density at radius 1 is 0.684 bits per heavy atom. The lowest BCUT2D eigenvalue weighted by molar-refractivity contribution is 0.481. The Kier molecular flexibility index (Phi) is 4.88. The maximum absolute atomic E-state index is 5.48. The summed E-state index contributed by atoms with van der Waals surface area (Å²) in [5.74, 6) is 3.82. The van der Waals surface area contributed by atoms with Crippen molar-refractivity contribution < 1.29 is 8.83 Å². The normalized spacial score (nSPS) is 10.7. The highest BCUT2D eigenvalue weighted by Gasteiger charge is 2.10. The summed E-state index contributed by atoms with van der Waals surface area (Å²) in [7, 11) is 0. The van der Waals surface area contributed by atoms with Gasteiger partial charge in [0.1, 0.15) is 0 Å². The van der Waals surface area contributed by atoms with E-state index < -0.39 is 0 Å². The van der Waals surface area contributed by atoms with Gasteiger partial charge in [0.15, 0.2) is 0 Å². The van der Waals surface area contributed by atoms with Gasteiger partial charge >= 0.3 is 23.0 Å². The fourth-order valence-corrected chi connectivity index (χ4v) is 4.16. The predicted molar refractivity (Wildman–Crippen MR) is 81.8 cm³/mol. The van der Waals surface area contributed by atoms with Gasteiger partial charge < -0.3 is 0 Å². The van der Waals surface area contributed by atoms with Crippen molar-refractivity contribution in [1.29, 1.82) is 0 Å². The van der Waals surface area contributed by atoms with E-state index in [-0.39, 0.29) is 0 Å². The second-order valence-corrected chi connectivity index (χ2v) is 6.90. The van der Waals surface area contributed by atoms with Crippen molar-refractivity contribution >= 4 is 23.5 Å². The summed E-state index contributed by atoms with van der Waals surface area (Å²) in [4.78, 5) is 2.51. The van der Waals surface area contributed by atoms with Crippen molar-refractivity contribution in [3.05, 3.63) is 47.3 Å². The van der Waals surface area contributed by atoms with Gasteiger partial charge in [-0.1, -0.05) is 0 Å². The highest BCUT2D eigenvalue weighted by atomic mass is 32.2. The Morgan fingerprint density at radius 2 is 1.00 bits per heavy atom. The molecule has 2 nitrogen and oxygen atoms in total. The molecule has 0 saturated heterocycles. The Balaban J connectivity index is 1.96. The molecule has 0 aliphatic heterocycles. The molecular weight excluding hydrogens is 276 g/mol. The van der Waals surface area contributed by atoms with Crippen molar-refractivity contribution in [3.8, 4) is 0 Å². The van der Waals surface area contributed by atoms with Crippen molar-refractivity contribution in [2.24, 2.45) is 0 Å². The molecule has 19 heavy (non-hydrogen) atoms. The maximum Gasteiger partial charge on any atom is 0.327 e. The molecule has 0 aliphatic rings. The van der Waals surface area contributed by atoms with E-state index in [4.69, 9.17) is 8.83 Å². The second kappa shape index (κ2) is 6.44. The average Bonchev–Trinajstić information content (AvgIpc) is 2.26. The third-order valence-electron chi connectivity index (χ3n) is 2.48. The van der Waals surface area contributed by atoms with E-state index in [0.717, 1.165) is 28.1 Å². The van der Waals surface area contributed by atoms with Crippen LogP contribution in [0, 0.1) is 27.7 Å². The Morgan fingerprint density at radius 3 is 1.32 bits per heavy atom. The van der Waals surface area contributed by atoms with Crippen LogP contribution < -0.4 is 0 Å². The lowest BCUT2D eigenvalue weighted by atomic mass is 10.4. The molecule has 100 valence electrons. The van der Waals surface area contributed by atoms with Crippen LogP contribution in [0.2, 0.25) is 0 Å². The van der Waals surface area contributed by atoms with Gasteiger partial charge in [0.2, 0.25) is 0 Å². The third kappa shape index (κ3) is 4.55. The van der Waals surface area contributed by atoms with Crippen LogP contribution in [0.3, 0.4) is 0 Å². The van der Waals surface area contributed by atoms with E-state index >= 15 is 0 Å². The number of hydrogen-bond donors (Lipinski definition) is 0. The maximum atomic E-state index is 5.48. The summed E-state index contributed by atoms with van der Waals surface area (Å²) < 4.78 is 11.0. The van der Waals surface area contributed by atoms with Crippen molar-refractivity contribution in [1.82, 2.24) is 0 Å². The van der Waals surface area contributed by atoms with Crippen LogP contribution in [-0.4, -0.2) is 5.08 Å². The van der Waals surface area contributed by atoms with E-state index in [9.17, 15) is 0 Å². The standard InChI is InChI=1S/C15H18O2S2/c1-10-5-14(6-11(2)16-10)18-9-19-15-7-12(3)17-13(4)8-15/h5-8H,9H2,1-4H3/q+2. The van der Waals surface area contributed by atoms with Crippen LogP contribution in [0.4, 0.5) is 0 Å². The zero-order valence-corrected chi connectivity index (χ0v) is 13.3. The SMILES string of the molecule is Cc1cc(SCSc2cc(C)[o+]c(C)c2)cc(C)[o+]1. The average molecular weight is 294 g/mol. The summed E-state index contributed by atoms with van der Waals surface area (Å²) in [5, 5.41) is 0.978. The molecule has 0 amide bonds. The third-order valence-corrected chi connectivity index (χ3v) is 4.56. The van der Waals surface area contributed by atoms with Crippen LogP contribution in [-0.2, 0) is 0 Å². The molecule has 0 bridgehead atoms. The fraction of sp³-hybridized carbons (Fsp3) is 0.333. The largest absolute Gasteiger partial charge is 0.327 e. The highest BCUT2D eigenvalue weighted by Crippen LogP contribution is 2.29. The van der Waals surface area contributed by atoms with Crippen LogP contribution in [0.1, 0.15) is 23.0 Å². The van der Waals surface area contributed by atoms with Crippen molar-refractivity contribution in [2.75, 3.05) is 5.08 Å². The molecule has 0 unspecified atom stereocenters. The predicted octanol–water partition coefficient (Wildman–Crippen LogP) is 5.51. The lowest BCUT2D eigenvalue weighted by Crippen LogP contribution is -1.82. The first-order chi connectivity index (χ1) is 9.02. The van der Waals surface area contributed by atoms with Crippen LogP contribution in [0.25, 0.3) is 0 Å². The number of aryl methyl sites for hydroxylation is 4. The quantitative estimate of drug-likeness (QED) is 0.421. The Hall–Kier alpha value is -1.00. The fourth-order valence-electron chi connectivity index (χ4n) is 1.84. The van der Waals surface area contributed by atoms with Gasteiger partial charge in [-0.05, 0) is 0 Å². The Bertz CT molecular complexity index is 490.